The maximum Gasteiger partial charge on any atom is 0.119 e. The Labute approximate surface area is 97.3 Å². The van der Waals surface area contributed by atoms with E-state index in [-0.39, 0.29) is 5.41 Å². The molecule has 0 saturated heterocycles. The van der Waals surface area contributed by atoms with Gasteiger partial charge in [-0.2, -0.15) is 0 Å². The largest absolute Gasteiger partial charge is 0.497 e. The maximum absolute atomic E-state index is 10.4. The SMILES string of the molecule is COc1ccc2c(c1)C(C)(O)CCC2(C)C. The van der Waals surface area contributed by atoms with Gasteiger partial charge in [-0.25, -0.2) is 0 Å². The average molecular weight is 220 g/mol. The van der Waals surface area contributed by atoms with Crippen LogP contribution in [0.5, 0.6) is 5.75 Å². The Hall–Kier alpha value is -1.02. The first-order chi connectivity index (χ1) is 7.37. The zero-order valence-electron chi connectivity index (χ0n) is 10.5. The summed E-state index contributed by atoms with van der Waals surface area (Å²) in [5.74, 6) is 0.816. The van der Waals surface area contributed by atoms with Crippen molar-refractivity contribution < 1.29 is 9.84 Å². The van der Waals surface area contributed by atoms with Crippen molar-refractivity contribution in [3.05, 3.63) is 29.3 Å². The lowest BCUT2D eigenvalue weighted by Gasteiger charge is -2.40. The van der Waals surface area contributed by atoms with Crippen LogP contribution in [0.25, 0.3) is 0 Å². The van der Waals surface area contributed by atoms with Crippen LogP contribution in [0, 0.1) is 0 Å². The lowest BCUT2D eigenvalue weighted by atomic mass is 9.67. The van der Waals surface area contributed by atoms with E-state index in [1.807, 2.05) is 19.1 Å². The predicted molar refractivity (Wildman–Crippen MR) is 64.8 cm³/mol. The summed E-state index contributed by atoms with van der Waals surface area (Å²) in [4.78, 5) is 0. The van der Waals surface area contributed by atoms with Crippen molar-refractivity contribution in [3.63, 3.8) is 0 Å². The number of ether oxygens (including phenoxy) is 1. The molecule has 1 aromatic rings. The molecule has 1 atom stereocenters. The molecule has 2 heteroatoms. The molecule has 0 spiro atoms. The van der Waals surface area contributed by atoms with E-state index in [1.165, 1.54) is 5.56 Å². The molecule has 0 bridgehead atoms. The highest BCUT2D eigenvalue weighted by molar-refractivity contribution is 5.44. The van der Waals surface area contributed by atoms with Gasteiger partial charge in [-0.3, -0.25) is 0 Å². The van der Waals surface area contributed by atoms with Crippen LogP contribution in [0.2, 0.25) is 0 Å². The fourth-order valence-electron chi connectivity index (χ4n) is 2.51. The molecule has 0 radical (unpaired) electrons. The average Bonchev–Trinajstić information content (AvgIpc) is 2.24. The fourth-order valence-corrected chi connectivity index (χ4v) is 2.51. The Morgan fingerprint density at radius 1 is 1.12 bits per heavy atom. The van der Waals surface area contributed by atoms with E-state index in [1.54, 1.807) is 7.11 Å². The number of benzene rings is 1. The summed E-state index contributed by atoms with van der Waals surface area (Å²) < 4.78 is 5.23. The third-order valence-corrected chi connectivity index (χ3v) is 3.77. The Morgan fingerprint density at radius 3 is 2.44 bits per heavy atom. The van der Waals surface area contributed by atoms with Gasteiger partial charge in [-0.15, -0.1) is 0 Å². The Balaban J connectivity index is 2.60. The standard InChI is InChI=1S/C14H20O2/c1-13(2)7-8-14(3,15)12-9-10(16-4)5-6-11(12)13/h5-6,9,15H,7-8H2,1-4H3. The van der Waals surface area contributed by atoms with Crippen LogP contribution in [-0.4, -0.2) is 12.2 Å². The van der Waals surface area contributed by atoms with Crippen LogP contribution < -0.4 is 4.74 Å². The minimum atomic E-state index is -0.723. The van der Waals surface area contributed by atoms with Crippen molar-refractivity contribution in [2.24, 2.45) is 0 Å². The molecular weight excluding hydrogens is 200 g/mol. The summed E-state index contributed by atoms with van der Waals surface area (Å²) in [5, 5.41) is 10.4. The maximum atomic E-state index is 10.4. The second-order valence-electron chi connectivity index (χ2n) is 5.57. The summed E-state index contributed by atoms with van der Waals surface area (Å²) in [6.07, 6.45) is 1.82. The number of rotatable bonds is 1. The van der Waals surface area contributed by atoms with E-state index in [0.29, 0.717) is 0 Å². The molecule has 2 rings (SSSR count). The van der Waals surface area contributed by atoms with Crippen molar-refractivity contribution in [2.45, 2.75) is 44.6 Å². The van der Waals surface area contributed by atoms with Gasteiger partial charge in [0.2, 0.25) is 0 Å². The Morgan fingerprint density at radius 2 is 1.81 bits per heavy atom. The quantitative estimate of drug-likeness (QED) is 0.788. The molecule has 16 heavy (non-hydrogen) atoms. The zero-order chi connectivity index (χ0) is 12.0. The van der Waals surface area contributed by atoms with E-state index in [2.05, 4.69) is 19.9 Å². The number of hydrogen-bond donors (Lipinski definition) is 1. The van der Waals surface area contributed by atoms with Gasteiger partial charge in [-0.05, 0) is 48.4 Å². The predicted octanol–water partition coefficient (Wildman–Crippen LogP) is 2.97. The third-order valence-electron chi connectivity index (χ3n) is 3.77. The summed E-state index contributed by atoms with van der Waals surface area (Å²) in [5.41, 5.74) is 1.68. The highest BCUT2D eigenvalue weighted by Gasteiger charge is 2.38. The van der Waals surface area contributed by atoms with Gasteiger partial charge in [0.05, 0.1) is 12.7 Å². The summed E-state index contributed by atoms with van der Waals surface area (Å²) in [7, 11) is 1.66. The van der Waals surface area contributed by atoms with Gasteiger partial charge >= 0.3 is 0 Å². The van der Waals surface area contributed by atoms with Crippen LogP contribution in [0.3, 0.4) is 0 Å². The molecule has 0 amide bonds. The molecule has 2 nitrogen and oxygen atoms in total. The van der Waals surface area contributed by atoms with Crippen LogP contribution in [0.15, 0.2) is 18.2 Å². The van der Waals surface area contributed by atoms with Gasteiger partial charge < -0.3 is 9.84 Å². The van der Waals surface area contributed by atoms with Crippen LogP contribution >= 0.6 is 0 Å². The number of fused-ring (bicyclic) bond motifs is 1. The van der Waals surface area contributed by atoms with Crippen LogP contribution in [0.1, 0.15) is 44.7 Å². The third kappa shape index (κ3) is 1.71. The number of aliphatic hydroxyl groups is 1. The molecule has 1 N–H and O–H groups in total. The van der Waals surface area contributed by atoms with Crippen molar-refractivity contribution >= 4 is 0 Å². The van der Waals surface area contributed by atoms with E-state index in [4.69, 9.17) is 4.74 Å². The van der Waals surface area contributed by atoms with Crippen LogP contribution in [-0.2, 0) is 11.0 Å². The number of methoxy groups -OCH3 is 1. The summed E-state index contributed by atoms with van der Waals surface area (Å²) in [6, 6.07) is 6.03. The molecule has 1 aliphatic rings. The smallest absolute Gasteiger partial charge is 0.119 e. The zero-order valence-corrected chi connectivity index (χ0v) is 10.5. The van der Waals surface area contributed by atoms with E-state index >= 15 is 0 Å². The lowest BCUT2D eigenvalue weighted by Crippen LogP contribution is -2.35. The summed E-state index contributed by atoms with van der Waals surface area (Å²) in [6.45, 7) is 6.35. The second kappa shape index (κ2) is 3.49. The minimum Gasteiger partial charge on any atom is -0.497 e. The molecule has 0 aliphatic heterocycles. The molecule has 1 aromatic carbocycles. The first-order valence-corrected chi connectivity index (χ1v) is 5.78. The van der Waals surface area contributed by atoms with Crippen molar-refractivity contribution in [1.29, 1.82) is 0 Å². The first kappa shape index (κ1) is 11.5. The number of hydrogen-bond acceptors (Lipinski definition) is 2. The highest BCUT2D eigenvalue weighted by atomic mass is 16.5. The molecule has 1 aliphatic carbocycles. The molecule has 0 aromatic heterocycles. The van der Waals surface area contributed by atoms with Gasteiger partial charge in [0.25, 0.3) is 0 Å². The molecule has 88 valence electrons. The normalized spacial score (nSPS) is 27.3. The lowest BCUT2D eigenvalue weighted by molar-refractivity contribution is 0.0275. The molecule has 0 fully saturated rings. The molecule has 0 heterocycles. The van der Waals surface area contributed by atoms with Gasteiger partial charge in [0.15, 0.2) is 0 Å². The Kier molecular flexibility index (Phi) is 2.50. The van der Waals surface area contributed by atoms with E-state index in [9.17, 15) is 5.11 Å². The molecular formula is C14H20O2. The van der Waals surface area contributed by atoms with Crippen molar-refractivity contribution in [3.8, 4) is 5.75 Å². The fraction of sp³-hybridized carbons (Fsp3) is 0.571. The van der Waals surface area contributed by atoms with Gasteiger partial charge in [0, 0.05) is 0 Å². The van der Waals surface area contributed by atoms with Crippen LogP contribution in [0.4, 0.5) is 0 Å². The second-order valence-corrected chi connectivity index (χ2v) is 5.57. The monoisotopic (exact) mass is 220 g/mol. The van der Waals surface area contributed by atoms with Crippen molar-refractivity contribution in [1.82, 2.24) is 0 Å². The first-order valence-electron chi connectivity index (χ1n) is 5.78. The minimum absolute atomic E-state index is 0.143. The Bertz CT molecular complexity index is 405. The van der Waals surface area contributed by atoms with E-state index in [0.717, 1.165) is 24.2 Å². The molecule has 1 unspecified atom stereocenters. The van der Waals surface area contributed by atoms with Gasteiger partial charge in [-0.1, -0.05) is 19.9 Å². The van der Waals surface area contributed by atoms with Crippen molar-refractivity contribution in [2.75, 3.05) is 7.11 Å². The van der Waals surface area contributed by atoms with Gasteiger partial charge in [0.1, 0.15) is 5.75 Å². The highest BCUT2D eigenvalue weighted by Crippen LogP contribution is 2.45. The van der Waals surface area contributed by atoms with E-state index < -0.39 is 5.60 Å². The molecule has 0 saturated carbocycles. The summed E-state index contributed by atoms with van der Waals surface area (Å²) >= 11 is 0. The topological polar surface area (TPSA) is 29.5 Å².